The number of carbonyl (C=O) groups is 1. The minimum absolute atomic E-state index is 0.250. The summed E-state index contributed by atoms with van der Waals surface area (Å²) in [6, 6.07) is 0. The van der Waals surface area contributed by atoms with E-state index in [4.69, 9.17) is 9.29 Å². The summed E-state index contributed by atoms with van der Waals surface area (Å²) in [6.07, 6.45) is 8.19. The fraction of sp³-hybridized carbons (Fsp3) is 0.938. The summed E-state index contributed by atoms with van der Waals surface area (Å²) in [5, 5.41) is 8.43. The third-order valence-corrected chi connectivity index (χ3v) is 5.73. The molecule has 0 bridgehead atoms. The van der Waals surface area contributed by atoms with Crippen LogP contribution in [0.1, 0.15) is 85.0 Å². The van der Waals surface area contributed by atoms with Gasteiger partial charge in [-0.2, -0.15) is 8.42 Å². The van der Waals surface area contributed by atoms with Crippen LogP contribution in [0.2, 0.25) is 0 Å². The second-order valence-electron chi connectivity index (χ2n) is 5.90. The number of unbranched alkanes of at least 4 members (excludes halogenated alkanes) is 7. The molecular formula is C16H32O5S. The van der Waals surface area contributed by atoms with Gasteiger partial charge in [-0.3, -0.25) is 4.18 Å². The van der Waals surface area contributed by atoms with Gasteiger partial charge in [0.2, 0.25) is 0 Å². The summed E-state index contributed by atoms with van der Waals surface area (Å²) < 4.78 is 28.5. The van der Waals surface area contributed by atoms with Crippen LogP contribution in [0.3, 0.4) is 0 Å². The van der Waals surface area contributed by atoms with Crippen LogP contribution in [0.15, 0.2) is 0 Å². The molecule has 0 saturated carbocycles. The highest BCUT2D eigenvalue weighted by atomic mass is 32.2. The predicted molar refractivity (Wildman–Crippen MR) is 88.4 cm³/mol. The average Bonchev–Trinajstić information content (AvgIpc) is 2.47. The summed E-state index contributed by atoms with van der Waals surface area (Å²) in [7, 11) is -3.79. The van der Waals surface area contributed by atoms with Crippen LogP contribution in [0.4, 0.5) is 0 Å². The van der Waals surface area contributed by atoms with Crippen molar-refractivity contribution in [1.82, 2.24) is 0 Å². The van der Waals surface area contributed by atoms with E-state index in [1.54, 1.807) is 6.92 Å². The van der Waals surface area contributed by atoms with Crippen molar-refractivity contribution in [2.45, 2.75) is 96.3 Å². The first-order valence-electron chi connectivity index (χ1n) is 8.50. The molecule has 0 aliphatic rings. The number of carboxylic acid groups (broad SMARTS) is 1. The third kappa shape index (κ3) is 9.41. The van der Waals surface area contributed by atoms with Gasteiger partial charge in [-0.1, -0.05) is 65.2 Å². The Kier molecular flexibility index (Phi) is 11.5. The maximum absolute atomic E-state index is 11.8. The van der Waals surface area contributed by atoms with Crippen LogP contribution in [0.5, 0.6) is 0 Å². The molecule has 0 aliphatic heterocycles. The monoisotopic (exact) mass is 336 g/mol. The normalized spacial score (nSPS) is 14.7. The van der Waals surface area contributed by atoms with Gasteiger partial charge in [-0.25, -0.2) is 4.79 Å². The Hall–Kier alpha value is -0.620. The van der Waals surface area contributed by atoms with Crippen LogP contribution in [0.25, 0.3) is 0 Å². The Bertz CT molecular complexity index is 391. The molecule has 0 aromatic carbocycles. The van der Waals surface area contributed by atoms with Gasteiger partial charge >= 0.3 is 5.97 Å². The van der Waals surface area contributed by atoms with Crippen LogP contribution < -0.4 is 0 Å². The van der Waals surface area contributed by atoms with Crippen LogP contribution in [0, 0.1) is 0 Å². The van der Waals surface area contributed by atoms with E-state index < -0.39 is 27.4 Å². The SMILES string of the molecule is CCCCCCCCCCC(OS(=O)(=O)C(C)CC)C(=O)O. The van der Waals surface area contributed by atoms with Crippen molar-refractivity contribution >= 4 is 16.1 Å². The molecule has 2 unspecified atom stereocenters. The first kappa shape index (κ1) is 21.4. The van der Waals surface area contributed by atoms with Gasteiger partial charge in [0.25, 0.3) is 10.1 Å². The molecular weight excluding hydrogens is 304 g/mol. The van der Waals surface area contributed by atoms with E-state index in [-0.39, 0.29) is 6.42 Å². The second kappa shape index (κ2) is 11.9. The molecule has 0 aliphatic carbocycles. The van der Waals surface area contributed by atoms with Gasteiger partial charge in [-0.05, 0) is 19.8 Å². The van der Waals surface area contributed by atoms with Crippen molar-refractivity contribution in [1.29, 1.82) is 0 Å². The molecule has 0 aromatic heterocycles. The summed E-state index contributed by atoms with van der Waals surface area (Å²) >= 11 is 0. The summed E-state index contributed by atoms with van der Waals surface area (Å²) in [6.45, 7) is 5.45. The van der Waals surface area contributed by atoms with Gasteiger partial charge in [0.1, 0.15) is 0 Å². The predicted octanol–water partition coefficient (Wildman–Crippen LogP) is 4.12. The van der Waals surface area contributed by atoms with Gasteiger partial charge in [0.05, 0.1) is 5.25 Å². The zero-order valence-corrected chi connectivity index (χ0v) is 15.0. The van der Waals surface area contributed by atoms with Crippen molar-refractivity contribution in [3.05, 3.63) is 0 Å². The molecule has 6 heteroatoms. The average molecular weight is 336 g/mol. The summed E-state index contributed by atoms with van der Waals surface area (Å²) in [5.41, 5.74) is 0. The molecule has 132 valence electrons. The molecule has 2 atom stereocenters. The Morgan fingerprint density at radius 1 is 1.00 bits per heavy atom. The lowest BCUT2D eigenvalue weighted by Gasteiger charge is -2.16. The van der Waals surface area contributed by atoms with E-state index in [1.807, 2.05) is 0 Å². The Morgan fingerprint density at radius 2 is 1.50 bits per heavy atom. The Balaban J connectivity index is 4.04. The highest BCUT2D eigenvalue weighted by Crippen LogP contribution is 2.16. The molecule has 0 heterocycles. The maximum atomic E-state index is 11.8. The van der Waals surface area contributed by atoms with Crippen molar-refractivity contribution < 1.29 is 22.5 Å². The molecule has 0 fully saturated rings. The minimum Gasteiger partial charge on any atom is -0.479 e. The Labute approximate surface area is 135 Å². The zero-order valence-electron chi connectivity index (χ0n) is 14.2. The quantitative estimate of drug-likeness (QED) is 0.381. The molecule has 0 spiro atoms. The van der Waals surface area contributed by atoms with Crippen molar-refractivity contribution in [2.24, 2.45) is 0 Å². The van der Waals surface area contributed by atoms with E-state index in [2.05, 4.69) is 6.92 Å². The number of carboxylic acids is 1. The fourth-order valence-corrected chi connectivity index (χ4v) is 3.24. The smallest absolute Gasteiger partial charge is 0.334 e. The summed E-state index contributed by atoms with van der Waals surface area (Å²) in [5.74, 6) is -1.20. The number of rotatable bonds is 14. The van der Waals surface area contributed by atoms with E-state index >= 15 is 0 Å². The van der Waals surface area contributed by atoms with E-state index in [9.17, 15) is 13.2 Å². The lowest BCUT2D eigenvalue weighted by atomic mass is 10.1. The van der Waals surface area contributed by atoms with E-state index in [0.717, 1.165) is 19.3 Å². The summed E-state index contributed by atoms with van der Waals surface area (Å²) in [4.78, 5) is 11.1. The maximum Gasteiger partial charge on any atom is 0.334 e. The molecule has 1 N–H and O–H groups in total. The van der Waals surface area contributed by atoms with Gasteiger partial charge < -0.3 is 5.11 Å². The second-order valence-corrected chi connectivity index (χ2v) is 7.88. The zero-order chi connectivity index (χ0) is 17.0. The van der Waals surface area contributed by atoms with Gasteiger partial charge in [0, 0.05) is 0 Å². The third-order valence-electron chi connectivity index (χ3n) is 3.91. The first-order chi connectivity index (χ1) is 10.3. The lowest BCUT2D eigenvalue weighted by molar-refractivity contribution is -0.145. The van der Waals surface area contributed by atoms with Crippen molar-refractivity contribution in [2.75, 3.05) is 0 Å². The molecule has 22 heavy (non-hydrogen) atoms. The highest BCUT2D eigenvalue weighted by molar-refractivity contribution is 7.87. The van der Waals surface area contributed by atoms with Gasteiger partial charge in [-0.15, -0.1) is 0 Å². The minimum atomic E-state index is -3.79. The number of hydrogen-bond donors (Lipinski definition) is 1. The first-order valence-corrected chi connectivity index (χ1v) is 9.97. The van der Waals surface area contributed by atoms with E-state index in [1.165, 1.54) is 32.6 Å². The Morgan fingerprint density at radius 3 is 1.95 bits per heavy atom. The van der Waals surface area contributed by atoms with Crippen molar-refractivity contribution in [3.8, 4) is 0 Å². The van der Waals surface area contributed by atoms with E-state index in [0.29, 0.717) is 12.8 Å². The van der Waals surface area contributed by atoms with Crippen LogP contribution >= 0.6 is 0 Å². The highest BCUT2D eigenvalue weighted by Gasteiger charge is 2.28. The van der Waals surface area contributed by atoms with Gasteiger partial charge in [0.15, 0.2) is 6.10 Å². The molecule has 0 aromatic rings. The molecule has 0 saturated heterocycles. The number of aliphatic carboxylic acids is 1. The topological polar surface area (TPSA) is 80.7 Å². The standard InChI is InChI=1S/C16H32O5S/c1-4-6-7-8-9-10-11-12-13-15(16(17)18)21-22(19,20)14(3)5-2/h14-15H,4-13H2,1-3H3,(H,17,18). The molecule has 0 rings (SSSR count). The van der Waals surface area contributed by atoms with Crippen LogP contribution in [-0.4, -0.2) is 30.8 Å². The van der Waals surface area contributed by atoms with Crippen LogP contribution in [-0.2, 0) is 19.1 Å². The molecule has 0 amide bonds. The lowest BCUT2D eigenvalue weighted by Crippen LogP contribution is -2.31. The molecule has 0 radical (unpaired) electrons. The largest absolute Gasteiger partial charge is 0.479 e. The molecule has 5 nitrogen and oxygen atoms in total. The fourth-order valence-electron chi connectivity index (χ4n) is 2.14. The van der Waals surface area contributed by atoms with Crippen molar-refractivity contribution in [3.63, 3.8) is 0 Å². The number of hydrogen-bond acceptors (Lipinski definition) is 4.